The Labute approximate surface area is 104 Å². The van der Waals surface area contributed by atoms with Crippen LogP contribution in [0.15, 0.2) is 22.7 Å². The number of amides is 1. The second-order valence-electron chi connectivity index (χ2n) is 4.42. The minimum Gasteiger partial charge on any atom is -0.324 e. The average molecular weight is 283 g/mol. The summed E-state index contributed by atoms with van der Waals surface area (Å²) in [5.74, 6) is -0.0695. The number of rotatable bonds is 2. The van der Waals surface area contributed by atoms with E-state index >= 15 is 0 Å². The zero-order valence-corrected chi connectivity index (χ0v) is 10.8. The lowest BCUT2D eigenvalue weighted by molar-refractivity contribution is -0.123. The number of halogens is 1. The number of nitrogens with two attached hydrogens (primary N) is 1. The zero-order valence-electron chi connectivity index (χ0n) is 9.22. The van der Waals surface area contributed by atoms with E-state index in [0.717, 1.165) is 35.0 Å². The van der Waals surface area contributed by atoms with Crippen LogP contribution in [0.25, 0.3) is 0 Å². The van der Waals surface area contributed by atoms with Gasteiger partial charge in [0.2, 0.25) is 5.91 Å². The monoisotopic (exact) mass is 282 g/mol. The third-order valence-corrected chi connectivity index (χ3v) is 3.64. The van der Waals surface area contributed by atoms with E-state index in [-0.39, 0.29) is 5.91 Å². The van der Waals surface area contributed by atoms with Gasteiger partial charge in [-0.2, -0.15) is 0 Å². The van der Waals surface area contributed by atoms with E-state index in [4.69, 9.17) is 5.73 Å². The molecule has 1 aliphatic rings. The lowest BCUT2D eigenvalue weighted by Gasteiger charge is -2.36. The van der Waals surface area contributed by atoms with Gasteiger partial charge in [0.05, 0.1) is 5.54 Å². The SMILES string of the molecule is Cc1ccc(Br)cc1NC(=O)C1(N)CCC1. The molecule has 0 unspecified atom stereocenters. The molecule has 0 heterocycles. The van der Waals surface area contributed by atoms with Crippen molar-refractivity contribution in [3.8, 4) is 0 Å². The van der Waals surface area contributed by atoms with Crippen LogP contribution in [0, 0.1) is 6.92 Å². The average Bonchev–Trinajstić information content (AvgIpc) is 2.20. The van der Waals surface area contributed by atoms with Gasteiger partial charge in [0, 0.05) is 10.2 Å². The van der Waals surface area contributed by atoms with Gasteiger partial charge in [-0.3, -0.25) is 4.79 Å². The van der Waals surface area contributed by atoms with Crippen molar-refractivity contribution < 1.29 is 4.79 Å². The molecule has 0 spiro atoms. The number of hydrogen-bond donors (Lipinski definition) is 2. The van der Waals surface area contributed by atoms with Gasteiger partial charge in [0.1, 0.15) is 0 Å². The normalized spacial score (nSPS) is 17.7. The summed E-state index contributed by atoms with van der Waals surface area (Å²) in [6.45, 7) is 1.96. The van der Waals surface area contributed by atoms with Gasteiger partial charge < -0.3 is 11.1 Å². The molecule has 1 amide bonds. The van der Waals surface area contributed by atoms with Crippen LogP contribution in [0.3, 0.4) is 0 Å². The number of nitrogens with one attached hydrogen (secondary N) is 1. The zero-order chi connectivity index (χ0) is 11.8. The molecule has 16 heavy (non-hydrogen) atoms. The molecule has 0 aromatic heterocycles. The molecule has 1 aliphatic carbocycles. The van der Waals surface area contributed by atoms with Gasteiger partial charge in [0.25, 0.3) is 0 Å². The first kappa shape index (κ1) is 11.6. The molecule has 0 aliphatic heterocycles. The molecule has 1 aromatic rings. The minimum absolute atomic E-state index is 0.0695. The molecule has 86 valence electrons. The number of aryl methyl sites for hydroxylation is 1. The van der Waals surface area contributed by atoms with E-state index in [1.165, 1.54) is 0 Å². The second kappa shape index (κ2) is 4.18. The third-order valence-electron chi connectivity index (χ3n) is 3.15. The predicted octanol–water partition coefficient (Wildman–Crippen LogP) is 2.58. The van der Waals surface area contributed by atoms with E-state index in [0.29, 0.717) is 0 Å². The topological polar surface area (TPSA) is 55.1 Å². The quantitative estimate of drug-likeness (QED) is 0.876. The van der Waals surface area contributed by atoms with Crippen LogP contribution in [0.2, 0.25) is 0 Å². The fraction of sp³-hybridized carbons (Fsp3) is 0.417. The maximum atomic E-state index is 11.9. The molecule has 3 N–H and O–H groups in total. The van der Waals surface area contributed by atoms with Gasteiger partial charge in [-0.25, -0.2) is 0 Å². The van der Waals surface area contributed by atoms with Crippen molar-refractivity contribution in [3.05, 3.63) is 28.2 Å². The van der Waals surface area contributed by atoms with E-state index in [9.17, 15) is 4.79 Å². The number of hydrogen-bond acceptors (Lipinski definition) is 2. The maximum Gasteiger partial charge on any atom is 0.244 e. The highest BCUT2D eigenvalue weighted by Gasteiger charge is 2.40. The number of carbonyl (C=O) groups excluding carboxylic acids is 1. The Bertz CT molecular complexity index is 427. The molecule has 1 saturated carbocycles. The van der Waals surface area contributed by atoms with Crippen molar-refractivity contribution in [1.29, 1.82) is 0 Å². The van der Waals surface area contributed by atoms with E-state index in [1.54, 1.807) is 0 Å². The Balaban J connectivity index is 2.14. The molecule has 2 rings (SSSR count). The van der Waals surface area contributed by atoms with E-state index in [1.807, 2.05) is 25.1 Å². The van der Waals surface area contributed by atoms with Gasteiger partial charge >= 0.3 is 0 Å². The van der Waals surface area contributed by atoms with E-state index < -0.39 is 5.54 Å². The van der Waals surface area contributed by atoms with Gasteiger partial charge in [0.15, 0.2) is 0 Å². The summed E-state index contributed by atoms with van der Waals surface area (Å²) in [5.41, 5.74) is 7.19. The molecule has 1 aromatic carbocycles. The first-order valence-electron chi connectivity index (χ1n) is 5.38. The van der Waals surface area contributed by atoms with Crippen molar-refractivity contribution in [3.63, 3.8) is 0 Å². The molecular weight excluding hydrogens is 268 g/mol. The second-order valence-corrected chi connectivity index (χ2v) is 5.34. The summed E-state index contributed by atoms with van der Waals surface area (Å²) in [7, 11) is 0. The lowest BCUT2D eigenvalue weighted by Crippen LogP contribution is -2.56. The van der Waals surface area contributed by atoms with Crippen molar-refractivity contribution in [2.24, 2.45) is 5.73 Å². The molecule has 0 atom stereocenters. The standard InChI is InChI=1S/C12H15BrN2O/c1-8-3-4-9(13)7-10(8)15-11(16)12(14)5-2-6-12/h3-4,7H,2,5-6,14H2,1H3,(H,15,16). The Morgan fingerprint density at radius 3 is 2.75 bits per heavy atom. The summed E-state index contributed by atoms with van der Waals surface area (Å²) in [4.78, 5) is 11.9. The van der Waals surface area contributed by atoms with Crippen LogP contribution < -0.4 is 11.1 Å². The Hall–Kier alpha value is -0.870. The minimum atomic E-state index is -0.644. The summed E-state index contributed by atoms with van der Waals surface area (Å²) in [5, 5.41) is 2.90. The molecule has 1 fully saturated rings. The van der Waals surface area contributed by atoms with Crippen LogP contribution in [0.1, 0.15) is 24.8 Å². The molecule has 3 nitrogen and oxygen atoms in total. The van der Waals surface area contributed by atoms with E-state index in [2.05, 4.69) is 21.2 Å². The van der Waals surface area contributed by atoms with Crippen molar-refractivity contribution >= 4 is 27.5 Å². The molecule has 0 bridgehead atoms. The first-order valence-corrected chi connectivity index (χ1v) is 6.17. The summed E-state index contributed by atoms with van der Waals surface area (Å²) < 4.78 is 0.952. The first-order chi connectivity index (χ1) is 7.51. The van der Waals surface area contributed by atoms with Crippen LogP contribution in [0.4, 0.5) is 5.69 Å². The Kier molecular flexibility index (Phi) is 3.04. The van der Waals surface area contributed by atoms with Crippen molar-refractivity contribution in [2.45, 2.75) is 31.7 Å². The van der Waals surface area contributed by atoms with Crippen LogP contribution in [-0.4, -0.2) is 11.4 Å². The van der Waals surface area contributed by atoms with Crippen molar-refractivity contribution in [2.75, 3.05) is 5.32 Å². The van der Waals surface area contributed by atoms with Gasteiger partial charge in [-0.05, 0) is 43.9 Å². The van der Waals surface area contributed by atoms with Crippen LogP contribution in [0.5, 0.6) is 0 Å². The number of anilines is 1. The number of benzene rings is 1. The Morgan fingerprint density at radius 1 is 1.50 bits per heavy atom. The largest absolute Gasteiger partial charge is 0.324 e. The number of carbonyl (C=O) groups is 1. The Morgan fingerprint density at radius 2 is 2.19 bits per heavy atom. The summed E-state index contributed by atoms with van der Waals surface area (Å²) in [6.07, 6.45) is 2.61. The fourth-order valence-corrected chi connectivity index (χ4v) is 2.12. The van der Waals surface area contributed by atoms with Gasteiger partial charge in [-0.15, -0.1) is 0 Å². The molecule has 0 radical (unpaired) electrons. The maximum absolute atomic E-state index is 11.9. The molecular formula is C12H15BrN2O. The van der Waals surface area contributed by atoms with Crippen molar-refractivity contribution in [1.82, 2.24) is 0 Å². The molecule has 4 heteroatoms. The molecule has 0 saturated heterocycles. The highest BCUT2D eigenvalue weighted by atomic mass is 79.9. The van der Waals surface area contributed by atoms with Crippen LogP contribution >= 0.6 is 15.9 Å². The lowest BCUT2D eigenvalue weighted by atomic mass is 9.77. The predicted molar refractivity (Wildman–Crippen MR) is 68.3 cm³/mol. The summed E-state index contributed by atoms with van der Waals surface area (Å²) in [6, 6.07) is 5.81. The highest BCUT2D eigenvalue weighted by Crippen LogP contribution is 2.31. The van der Waals surface area contributed by atoms with Crippen LogP contribution in [-0.2, 0) is 4.79 Å². The highest BCUT2D eigenvalue weighted by molar-refractivity contribution is 9.10. The third kappa shape index (κ3) is 2.13. The fourth-order valence-electron chi connectivity index (χ4n) is 1.76. The summed E-state index contributed by atoms with van der Waals surface area (Å²) >= 11 is 3.39. The van der Waals surface area contributed by atoms with Gasteiger partial charge in [-0.1, -0.05) is 22.0 Å². The smallest absolute Gasteiger partial charge is 0.244 e.